The molecule has 0 bridgehead atoms. The second-order valence-electron chi connectivity index (χ2n) is 7.40. The van der Waals surface area contributed by atoms with Gasteiger partial charge in [0.1, 0.15) is 12.1 Å². The van der Waals surface area contributed by atoms with Crippen LogP contribution in [0.5, 0.6) is 11.6 Å². The van der Waals surface area contributed by atoms with Crippen molar-refractivity contribution in [2.24, 2.45) is 0 Å². The van der Waals surface area contributed by atoms with Gasteiger partial charge < -0.3 is 10.1 Å². The van der Waals surface area contributed by atoms with Gasteiger partial charge in [-0.05, 0) is 48.0 Å². The molecule has 34 heavy (non-hydrogen) atoms. The molecule has 2 heterocycles. The fraction of sp³-hybridized carbons (Fsp3) is 0.167. The average molecular weight is 468 g/mol. The topological polar surface area (TPSA) is 86.1 Å². The maximum Gasteiger partial charge on any atom is 0.416 e. The van der Waals surface area contributed by atoms with Crippen LogP contribution in [-0.4, -0.2) is 26.3 Å². The molecule has 2 aromatic carbocycles. The summed E-state index contributed by atoms with van der Waals surface area (Å²) in [5.74, 6) is 0.269. The minimum Gasteiger partial charge on any atom is -0.438 e. The normalized spacial score (nSPS) is 11.4. The van der Waals surface area contributed by atoms with Crippen molar-refractivity contribution in [1.82, 2.24) is 14.5 Å². The van der Waals surface area contributed by atoms with Crippen LogP contribution in [0.3, 0.4) is 0 Å². The number of halogens is 3. The van der Waals surface area contributed by atoms with Gasteiger partial charge in [-0.3, -0.25) is 14.2 Å². The number of ether oxygens (including phenoxy) is 1. The number of benzene rings is 2. The van der Waals surface area contributed by atoms with E-state index >= 15 is 0 Å². The molecule has 1 amide bonds. The molecule has 174 valence electrons. The van der Waals surface area contributed by atoms with Crippen molar-refractivity contribution >= 4 is 28.5 Å². The summed E-state index contributed by atoms with van der Waals surface area (Å²) in [5.41, 5.74) is 0.647. The Bertz CT molecular complexity index is 1330. The zero-order valence-corrected chi connectivity index (χ0v) is 18.0. The van der Waals surface area contributed by atoms with Crippen molar-refractivity contribution in [3.63, 3.8) is 0 Å². The fourth-order valence-corrected chi connectivity index (χ4v) is 3.30. The molecular weight excluding hydrogens is 449 g/mol. The number of anilines is 1. The minimum atomic E-state index is -4.42. The van der Waals surface area contributed by atoms with E-state index in [1.54, 1.807) is 43.5 Å². The van der Waals surface area contributed by atoms with Crippen molar-refractivity contribution in [2.75, 3.05) is 5.32 Å². The number of aromatic nitrogens is 3. The van der Waals surface area contributed by atoms with Crippen LogP contribution in [0.25, 0.3) is 11.0 Å². The van der Waals surface area contributed by atoms with E-state index in [1.807, 2.05) is 0 Å². The van der Waals surface area contributed by atoms with Crippen LogP contribution in [0.2, 0.25) is 0 Å². The maximum atomic E-state index is 12.7. The molecule has 2 aromatic heterocycles. The van der Waals surface area contributed by atoms with Gasteiger partial charge in [0.2, 0.25) is 17.7 Å². The highest BCUT2D eigenvalue weighted by molar-refractivity contribution is 5.93. The SMILES string of the molecule is CCC(=O)n1ccc2c(Oc3ccc(NC(=O)Cc4ccc(C(F)(F)F)cc4)cc3)ncnc21. The van der Waals surface area contributed by atoms with Crippen LogP contribution >= 0.6 is 0 Å². The highest BCUT2D eigenvalue weighted by Gasteiger charge is 2.30. The molecule has 4 aromatic rings. The molecule has 0 atom stereocenters. The summed E-state index contributed by atoms with van der Waals surface area (Å²) < 4.78 is 45.2. The lowest BCUT2D eigenvalue weighted by molar-refractivity contribution is -0.137. The van der Waals surface area contributed by atoms with Crippen LogP contribution in [0, 0.1) is 0 Å². The monoisotopic (exact) mass is 468 g/mol. The van der Waals surface area contributed by atoms with Gasteiger partial charge in [-0.1, -0.05) is 19.1 Å². The predicted octanol–water partition coefficient (Wildman–Crippen LogP) is 5.47. The molecule has 0 radical (unpaired) electrons. The van der Waals surface area contributed by atoms with Gasteiger partial charge in [0.15, 0.2) is 5.65 Å². The Morgan fingerprint density at radius 2 is 1.71 bits per heavy atom. The van der Waals surface area contributed by atoms with Crippen molar-refractivity contribution in [1.29, 1.82) is 0 Å². The average Bonchev–Trinajstić information content (AvgIpc) is 3.25. The number of amides is 1. The summed E-state index contributed by atoms with van der Waals surface area (Å²) in [7, 11) is 0. The molecule has 0 aliphatic rings. The molecule has 0 spiro atoms. The highest BCUT2D eigenvalue weighted by atomic mass is 19.4. The second-order valence-corrected chi connectivity index (χ2v) is 7.40. The number of alkyl halides is 3. The lowest BCUT2D eigenvalue weighted by atomic mass is 10.1. The molecule has 0 aliphatic heterocycles. The van der Waals surface area contributed by atoms with E-state index in [2.05, 4.69) is 15.3 Å². The van der Waals surface area contributed by atoms with Crippen LogP contribution in [0.15, 0.2) is 67.1 Å². The lowest BCUT2D eigenvalue weighted by Crippen LogP contribution is -2.14. The molecular formula is C24H19F3N4O3. The van der Waals surface area contributed by atoms with Gasteiger partial charge in [0.25, 0.3) is 0 Å². The number of hydrogen-bond donors (Lipinski definition) is 1. The van der Waals surface area contributed by atoms with Crippen molar-refractivity contribution < 1.29 is 27.5 Å². The molecule has 7 nitrogen and oxygen atoms in total. The summed E-state index contributed by atoms with van der Waals surface area (Å²) in [5, 5.41) is 3.28. The smallest absolute Gasteiger partial charge is 0.416 e. The number of fused-ring (bicyclic) bond motifs is 1. The molecule has 4 rings (SSSR count). The summed E-state index contributed by atoms with van der Waals surface area (Å²) >= 11 is 0. The molecule has 1 N–H and O–H groups in total. The lowest BCUT2D eigenvalue weighted by Gasteiger charge is -2.09. The number of rotatable bonds is 6. The minimum absolute atomic E-state index is 0.0667. The van der Waals surface area contributed by atoms with Gasteiger partial charge in [0.05, 0.1) is 17.4 Å². The van der Waals surface area contributed by atoms with Crippen LogP contribution in [0.4, 0.5) is 18.9 Å². The number of carbonyl (C=O) groups is 2. The number of nitrogens with one attached hydrogen (secondary N) is 1. The highest BCUT2D eigenvalue weighted by Crippen LogP contribution is 2.30. The Labute approximate surface area is 192 Å². The summed E-state index contributed by atoms with van der Waals surface area (Å²) in [4.78, 5) is 32.6. The summed E-state index contributed by atoms with van der Waals surface area (Å²) in [6.45, 7) is 1.76. The molecule has 10 heteroatoms. The van der Waals surface area contributed by atoms with E-state index in [-0.39, 0.29) is 24.1 Å². The van der Waals surface area contributed by atoms with Crippen molar-refractivity contribution in [2.45, 2.75) is 25.9 Å². The van der Waals surface area contributed by atoms with Gasteiger partial charge in [-0.25, -0.2) is 9.97 Å². The van der Waals surface area contributed by atoms with E-state index in [4.69, 9.17) is 4.74 Å². The van der Waals surface area contributed by atoms with Gasteiger partial charge in [-0.2, -0.15) is 13.2 Å². The first-order chi connectivity index (χ1) is 16.2. The molecule has 0 unspecified atom stereocenters. The van der Waals surface area contributed by atoms with Crippen molar-refractivity contribution in [3.05, 3.63) is 78.2 Å². The van der Waals surface area contributed by atoms with E-state index in [0.717, 1.165) is 12.1 Å². The number of hydrogen-bond acceptors (Lipinski definition) is 5. The quantitative estimate of drug-likeness (QED) is 0.405. The Balaban J connectivity index is 1.40. The van der Waals surface area contributed by atoms with Crippen LogP contribution in [0.1, 0.15) is 29.3 Å². The van der Waals surface area contributed by atoms with Crippen LogP contribution < -0.4 is 10.1 Å². The molecule has 0 saturated carbocycles. The Morgan fingerprint density at radius 1 is 1.00 bits per heavy atom. The van der Waals surface area contributed by atoms with Crippen LogP contribution in [-0.2, 0) is 17.4 Å². The second kappa shape index (κ2) is 9.34. The van der Waals surface area contributed by atoms with E-state index < -0.39 is 11.7 Å². The van der Waals surface area contributed by atoms with Gasteiger partial charge >= 0.3 is 6.18 Å². The standard InChI is InChI=1S/C24H19F3N4O3/c1-2-21(33)31-12-11-19-22(31)28-14-29-23(19)34-18-9-7-17(8-10-18)30-20(32)13-15-3-5-16(6-4-15)24(25,26)27/h3-12,14H,2,13H2,1H3,(H,30,32). The first kappa shape index (κ1) is 23.0. The van der Waals surface area contributed by atoms with E-state index in [0.29, 0.717) is 34.5 Å². The molecule has 0 fully saturated rings. The maximum absolute atomic E-state index is 12.7. The van der Waals surface area contributed by atoms with E-state index in [1.165, 1.54) is 23.0 Å². The third kappa shape index (κ3) is 5.06. The number of carbonyl (C=O) groups excluding carboxylic acids is 2. The third-order valence-electron chi connectivity index (χ3n) is 5.01. The van der Waals surface area contributed by atoms with Crippen molar-refractivity contribution in [3.8, 4) is 11.6 Å². The Hall–Kier alpha value is -4.21. The fourth-order valence-electron chi connectivity index (χ4n) is 3.30. The zero-order chi connectivity index (χ0) is 24.3. The predicted molar refractivity (Wildman–Crippen MR) is 119 cm³/mol. The van der Waals surface area contributed by atoms with Gasteiger partial charge in [-0.15, -0.1) is 0 Å². The summed E-state index contributed by atoms with van der Waals surface area (Å²) in [6, 6.07) is 12.7. The molecule has 0 saturated heterocycles. The zero-order valence-electron chi connectivity index (χ0n) is 18.0. The summed E-state index contributed by atoms with van der Waals surface area (Å²) in [6.07, 6.45) is -1.22. The van der Waals surface area contributed by atoms with E-state index in [9.17, 15) is 22.8 Å². The third-order valence-corrected chi connectivity index (χ3v) is 5.01. The van der Waals surface area contributed by atoms with Gasteiger partial charge in [0, 0.05) is 18.3 Å². The number of nitrogens with zero attached hydrogens (tertiary/aromatic N) is 3. The Kier molecular flexibility index (Phi) is 6.31. The largest absolute Gasteiger partial charge is 0.438 e. The first-order valence-corrected chi connectivity index (χ1v) is 10.3. The first-order valence-electron chi connectivity index (χ1n) is 10.3. The molecule has 0 aliphatic carbocycles. The Morgan fingerprint density at radius 3 is 2.35 bits per heavy atom.